The summed E-state index contributed by atoms with van der Waals surface area (Å²) in [5, 5.41) is 4.71. The molecule has 126 valence electrons. The molecule has 1 N–H and O–H groups in total. The third-order valence-corrected chi connectivity index (χ3v) is 5.53. The second-order valence-electron chi connectivity index (χ2n) is 5.72. The van der Waals surface area contributed by atoms with E-state index in [1.807, 2.05) is 37.3 Å². The summed E-state index contributed by atoms with van der Waals surface area (Å²) in [6.45, 7) is 3.95. The first-order valence-corrected chi connectivity index (χ1v) is 9.17. The number of thiophene rings is 1. The fourth-order valence-corrected chi connectivity index (χ4v) is 4.39. The van der Waals surface area contributed by atoms with Gasteiger partial charge in [-0.05, 0) is 37.5 Å². The minimum atomic E-state index is -0.343. The number of carbonyl (C=O) groups excluding carboxylic acids is 1. The van der Waals surface area contributed by atoms with E-state index in [0.29, 0.717) is 10.7 Å². The van der Waals surface area contributed by atoms with Crippen molar-refractivity contribution in [2.45, 2.75) is 19.8 Å². The van der Waals surface area contributed by atoms with Gasteiger partial charge in [-0.2, -0.15) is 0 Å². The van der Waals surface area contributed by atoms with Gasteiger partial charge in [0.15, 0.2) is 5.11 Å². The van der Waals surface area contributed by atoms with E-state index in [2.05, 4.69) is 10.2 Å². The molecule has 1 aliphatic heterocycles. The highest BCUT2D eigenvalue weighted by Crippen LogP contribution is 2.40. The van der Waals surface area contributed by atoms with Crippen LogP contribution in [0.4, 0.5) is 5.00 Å². The number of likely N-dealkylation sites (tertiary alicyclic amines) is 1. The van der Waals surface area contributed by atoms with Crippen molar-refractivity contribution < 1.29 is 9.53 Å². The number of anilines is 1. The molecule has 2 heterocycles. The number of rotatable bonds is 3. The molecule has 1 aliphatic rings. The Morgan fingerprint density at radius 3 is 2.54 bits per heavy atom. The van der Waals surface area contributed by atoms with Crippen LogP contribution in [0.2, 0.25) is 0 Å². The molecular weight excluding hydrogens is 340 g/mol. The lowest BCUT2D eigenvalue weighted by Gasteiger charge is -2.19. The van der Waals surface area contributed by atoms with E-state index in [1.54, 1.807) is 11.3 Å². The molecule has 1 fully saturated rings. The largest absolute Gasteiger partial charge is 0.465 e. The minimum absolute atomic E-state index is 0.343. The normalized spacial score (nSPS) is 13.8. The molecule has 0 aliphatic carbocycles. The highest BCUT2D eigenvalue weighted by molar-refractivity contribution is 7.80. The first kappa shape index (κ1) is 16.9. The van der Waals surface area contributed by atoms with Crippen molar-refractivity contribution in [1.29, 1.82) is 0 Å². The van der Waals surface area contributed by atoms with Crippen LogP contribution in [0.5, 0.6) is 0 Å². The number of thiocarbonyl (C=S) groups is 1. The van der Waals surface area contributed by atoms with Crippen LogP contribution in [0.1, 0.15) is 28.1 Å². The maximum atomic E-state index is 12.4. The summed E-state index contributed by atoms with van der Waals surface area (Å²) in [4.78, 5) is 15.6. The molecule has 1 saturated heterocycles. The lowest BCUT2D eigenvalue weighted by atomic mass is 10.0. The van der Waals surface area contributed by atoms with Crippen LogP contribution < -0.4 is 5.32 Å². The van der Waals surface area contributed by atoms with E-state index in [0.717, 1.165) is 46.9 Å². The lowest BCUT2D eigenvalue weighted by molar-refractivity contribution is 0.0603. The third-order valence-electron chi connectivity index (χ3n) is 4.15. The Bertz CT molecular complexity index is 750. The van der Waals surface area contributed by atoms with Gasteiger partial charge in [-0.3, -0.25) is 0 Å². The predicted molar refractivity (Wildman–Crippen MR) is 103 cm³/mol. The number of benzene rings is 1. The highest BCUT2D eigenvalue weighted by Gasteiger charge is 2.25. The zero-order valence-electron chi connectivity index (χ0n) is 13.8. The van der Waals surface area contributed by atoms with Crippen LogP contribution in [0.3, 0.4) is 0 Å². The fourth-order valence-electron chi connectivity index (χ4n) is 2.98. The molecule has 0 radical (unpaired) electrons. The van der Waals surface area contributed by atoms with E-state index in [4.69, 9.17) is 17.0 Å². The topological polar surface area (TPSA) is 41.6 Å². The number of nitrogens with zero attached hydrogens (tertiary/aromatic N) is 1. The fraction of sp³-hybridized carbons (Fsp3) is 0.333. The molecule has 1 aromatic carbocycles. The summed E-state index contributed by atoms with van der Waals surface area (Å²) in [6.07, 6.45) is 2.31. The summed E-state index contributed by atoms with van der Waals surface area (Å²) in [6, 6.07) is 9.91. The molecule has 0 atom stereocenters. The van der Waals surface area contributed by atoms with Crippen LogP contribution in [-0.2, 0) is 4.74 Å². The molecule has 0 spiro atoms. The maximum absolute atomic E-state index is 12.4. The standard InChI is InChI=1S/C18H20N2O2S2/c1-12-14(13-8-4-3-5-9-13)15(17(21)22-2)16(24-12)19-18(23)20-10-6-7-11-20/h3-5,8-9H,6-7,10-11H2,1-2H3,(H,19,23). The molecule has 0 bridgehead atoms. The van der Waals surface area contributed by atoms with Crippen molar-refractivity contribution in [2.75, 3.05) is 25.5 Å². The monoisotopic (exact) mass is 360 g/mol. The van der Waals surface area contributed by atoms with Gasteiger partial charge in [0.25, 0.3) is 0 Å². The van der Waals surface area contributed by atoms with Crippen molar-refractivity contribution in [3.8, 4) is 11.1 Å². The Morgan fingerprint density at radius 2 is 1.92 bits per heavy atom. The summed E-state index contributed by atoms with van der Waals surface area (Å²) in [5.74, 6) is -0.343. The first-order chi connectivity index (χ1) is 11.6. The average molecular weight is 361 g/mol. The first-order valence-electron chi connectivity index (χ1n) is 7.95. The zero-order valence-corrected chi connectivity index (χ0v) is 15.4. The van der Waals surface area contributed by atoms with Crippen molar-refractivity contribution in [1.82, 2.24) is 4.90 Å². The van der Waals surface area contributed by atoms with Crippen LogP contribution in [-0.4, -0.2) is 36.2 Å². The van der Waals surface area contributed by atoms with Crippen molar-refractivity contribution in [3.63, 3.8) is 0 Å². The van der Waals surface area contributed by atoms with Gasteiger partial charge in [0.1, 0.15) is 10.6 Å². The third kappa shape index (κ3) is 3.30. The van der Waals surface area contributed by atoms with Crippen LogP contribution in [0, 0.1) is 6.92 Å². The molecule has 2 aromatic rings. The van der Waals surface area contributed by atoms with Crippen LogP contribution >= 0.6 is 23.6 Å². The number of carbonyl (C=O) groups is 1. The summed E-state index contributed by atoms with van der Waals surface area (Å²) in [5.41, 5.74) is 2.48. The van der Waals surface area contributed by atoms with Crippen molar-refractivity contribution in [3.05, 3.63) is 40.8 Å². The van der Waals surface area contributed by atoms with E-state index in [1.165, 1.54) is 7.11 Å². The van der Waals surface area contributed by atoms with Crippen molar-refractivity contribution in [2.24, 2.45) is 0 Å². The number of hydrogen-bond donors (Lipinski definition) is 1. The molecule has 0 unspecified atom stereocenters. The van der Waals surface area contributed by atoms with Crippen LogP contribution in [0.25, 0.3) is 11.1 Å². The molecule has 3 rings (SSSR count). The molecule has 24 heavy (non-hydrogen) atoms. The smallest absolute Gasteiger partial charge is 0.341 e. The Morgan fingerprint density at radius 1 is 1.25 bits per heavy atom. The average Bonchev–Trinajstić information content (AvgIpc) is 3.23. The van der Waals surface area contributed by atoms with Gasteiger partial charge < -0.3 is 15.0 Å². The zero-order chi connectivity index (χ0) is 17.1. The maximum Gasteiger partial charge on any atom is 0.341 e. The van der Waals surface area contributed by atoms with Crippen LogP contribution in [0.15, 0.2) is 30.3 Å². The lowest BCUT2D eigenvalue weighted by Crippen LogP contribution is -2.32. The number of methoxy groups -OCH3 is 1. The van der Waals surface area contributed by atoms with Gasteiger partial charge in [0.05, 0.1) is 7.11 Å². The van der Waals surface area contributed by atoms with E-state index >= 15 is 0 Å². The molecule has 1 aromatic heterocycles. The number of hydrogen-bond acceptors (Lipinski definition) is 4. The summed E-state index contributed by atoms with van der Waals surface area (Å²) < 4.78 is 5.03. The van der Waals surface area contributed by atoms with E-state index in [9.17, 15) is 4.79 Å². The Labute approximate surface area is 151 Å². The molecule has 0 saturated carbocycles. The molecule has 6 heteroatoms. The number of nitrogens with one attached hydrogen (secondary N) is 1. The SMILES string of the molecule is COC(=O)c1c(NC(=S)N2CCCC2)sc(C)c1-c1ccccc1. The van der Waals surface area contributed by atoms with Gasteiger partial charge in [-0.15, -0.1) is 11.3 Å². The van der Waals surface area contributed by atoms with E-state index < -0.39 is 0 Å². The Hall–Kier alpha value is -1.92. The van der Waals surface area contributed by atoms with Gasteiger partial charge in [0, 0.05) is 23.5 Å². The number of ether oxygens (including phenoxy) is 1. The predicted octanol–water partition coefficient (Wildman–Crippen LogP) is 4.30. The quantitative estimate of drug-likeness (QED) is 0.653. The van der Waals surface area contributed by atoms with Crippen molar-refractivity contribution >= 4 is 39.6 Å². The van der Waals surface area contributed by atoms with Gasteiger partial charge in [0.2, 0.25) is 0 Å². The Balaban J connectivity index is 2.00. The second-order valence-corrected chi connectivity index (χ2v) is 7.33. The highest BCUT2D eigenvalue weighted by atomic mass is 32.1. The van der Waals surface area contributed by atoms with Gasteiger partial charge in [-0.1, -0.05) is 30.3 Å². The van der Waals surface area contributed by atoms with E-state index in [-0.39, 0.29) is 5.97 Å². The number of aryl methyl sites for hydroxylation is 1. The molecular formula is C18H20N2O2S2. The summed E-state index contributed by atoms with van der Waals surface area (Å²) in [7, 11) is 1.41. The summed E-state index contributed by atoms with van der Waals surface area (Å²) >= 11 is 7.06. The van der Waals surface area contributed by atoms with Gasteiger partial charge in [-0.25, -0.2) is 4.79 Å². The number of esters is 1. The molecule has 0 amide bonds. The molecule has 4 nitrogen and oxygen atoms in total. The van der Waals surface area contributed by atoms with Gasteiger partial charge >= 0.3 is 5.97 Å². The minimum Gasteiger partial charge on any atom is -0.465 e. The Kier molecular flexibility index (Phi) is 5.16. The second kappa shape index (κ2) is 7.32.